The summed E-state index contributed by atoms with van der Waals surface area (Å²) in [5.41, 5.74) is 0. The molecule has 4 heteroatoms. The van der Waals surface area contributed by atoms with Crippen LogP contribution in [0.1, 0.15) is 27.2 Å². The molecule has 1 nitrogen and oxygen atoms in total. The molecule has 0 aliphatic heterocycles. The first-order chi connectivity index (χ1) is 7.09. The monoisotopic (exact) mass is 306 g/mol. The summed E-state index contributed by atoms with van der Waals surface area (Å²) in [5, 5.41) is 0. The zero-order valence-corrected chi connectivity index (χ0v) is 13.5. The summed E-state index contributed by atoms with van der Waals surface area (Å²) in [7, 11) is 0. The van der Waals surface area contributed by atoms with Crippen LogP contribution in [0.25, 0.3) is 0 Å². The molecule has 0 amide bonds. The number of rotatable bonds is 2. The van der Waals surface area contributed by atoms with Gasteiger partial charge in [0.1, 0.15) is 0 Å². The SMILES string of the molecule is C[C](C)(C)[Ti+2]([C]1=CC=CC1)[c]1ccc[nH]1.[Cl-].[Cl-]. The number of allylic oxidation sites excluding steroid dienone is 4. The van der Waals surface area contributed by atoms with Gasteiger partial charge >= 0.3 is 98.2 Å². The van der Waals surface area contributed by atoms with Gasteiger partial charge in [-0.05, 0) is 0 Å². The van der Waals surface area contributed by atoms with E-state index in [2.05, 4.69) is 62.3 Å². The van der Waals surface area contributed by atoms with Gasteiger partial charge in [0.2, 0.25) is 0 Å². The van der Waals surface area contributed by atoms with E-state index in [-0.39, 0.29) is 24.8 Å². The van der Waals surface area contributed by atoms with E-state index in [9.17, 15) is 0 Å². The molecule has 1 aliphatic carbocycles. The molecule has 0 aromatic carbocycles. The Hall–Kier alpha value is 0.0543. The molecule has 1 N–H and O–H groups in total. The molecule has 2 rings (SSSR count). The molecule has 0 saturated carbocycles. The second-order valence-electron chi connectivity index (χ2n) is 5.03. The fraction of sp³-hybridized carbons (Fsp3) is 0.385. The van der Waals surface area contributed by atoms with Gasteiger partial charge in [-0.2, -0.15) is 0 Å². The summed E-state index contributed by atoms with van der Waals surface area (Å²) in [6.07, 6.45) is 10.0. The molecular formula is C13H18Cl2NTi. The predicted molar refractivity (Wildman–Crippen MR) is 62.0 cm³/mol. The van der Waals surface area contributed by atoms with E-state index in [1.807, 2.05) is 0 Å². The average molecular weight is 307 g/mol. The molecule has 0 saturated heterocycles. The number of H-pyrrole nitrogens is 1. The Balaban J connectivity index is 0.00000128. The van der Waals surface area contributed by atoms with Crippen LogP contribution in [-0.4, -0.2) is 4.98 Å². The van der Waals surface area contributed by atoms with Gasteiger partial charge in [-0.3, -0.25) is 0 Å². The minimum Gasteiger partial charge on any atom is -1.00 e. The average Bonchev–Trinajstić information content (AvgIpc) is 2.73. The molecule has 0 unspecified atom stereocenters. The quantitative estimate of drug-likeness (QED) is 0.574. The summed E-state index contributed by atoms with van der Waals surface area (Å²) in [4.78, 5) is 3.43. The summed E-state index contributed by atoms with van der Waals surface area (Å²) >= 11 is -1.35. The van der Waals surface area contributed by atoms with Crippen LogP contribution in [0.2, 0.25) is 3.72 Å². The maximum atomic E-state index is 3.43. The Kier molecular flexibility index (Phi) is 6.87. The van der Waals surface area contributed by atoms with Gasteiger partial charge in [0.25, 0.3) is 0 Å². The van der Waals surface area contributed by atoms with Gasteiger partial charge in [-0.25, -0.2) is 0 Å². The topological polar surface area (TPSA) is 15.8 Å². The van der Waals surface area contributed by atoms with Gasteiger partial charge < -0.3 is 24.8 Å². The molecular weight excluding hydrogens is 289 g/mol. The third kappa shape index (κ3) is 4.03. The maximum Gasteiger partial charge on any atom is -1.00 e. The van der Waals surface area contributed by atoms with Crippen LogP contribution in [-0.2, 0) is 17.9 Å². The standard InChI is InChI=1S/C5H5.C4H4N.C4H9.2ClH.Ti/c2*1-2-4-5-3-1;1-4(2)3;;;/h1-3H,4H2;1-3,5H;1-3H3;2*1H;/q;;;;;+2/p-2. The molecule has 0 atom stereocenters. The van der Waals surface area contributed by atoms with Crippen molar-refractivity contribution < 1.29 is 42.7 Å². The van der Waals surface area contributed by atoms with E-state index in [1.165, 1.54) is 10.4 Å². The van der Waals surface area contributed by atoms with Gasteiger partial charge in [-0.1, -0.05) is 0 Å². The molecule has 17 heavy (non-hydrogen) atoms. The summed E-state index contributed by atoms with van der Waals surface area (Å²) in [6.45, 7) is 7.13. The molecule has 0 spiro atoms. The Morgan fingerprint density at radius 1 is 1.24 bits per heavy atom. The third-order valence-corrected chi connectivity index (χ3v) is 7.96. The van der Waals surface area contributed by atoms with Crippen molar-refractivity contribution in [3.8, 4) is 0 Å². The largest absolute Gasteiger partial charge is 1.00 e. The zero-order valence-electron chi connectivity index (χ0n) is 10.4. The van der Waals surface area contributed by atoms with Gasteiger partial charge in [0.15, 0.2) is 0 Å². The van der Waals surface area contributed by atoms with E-state index >= 15 is 0 Å². The molecule has 1 aromatic rings. The third-order valence-electron chi connectivity index (χ3n) is 2.71. The first-order valence-electron chi connectivity index (χ1n) is 5.46. The summed E-state index contributed by atoms with van der Waals surface area (Å²) in [5.74, 6) is 0. The van der Waals surface area contributed by atoms with Crippen LogP contribution in [0.3, 0.4) is 0 Å². The van der Waals surface area contributed by atoms with Crippen molar-refractivity contribution in [1.82, 2.24) is 4.98 Å². The minimum atomic E-state index is -1.35. The number of aromatic amines is 1. The number of halogens is 2. The van der Waals surface area contributed by atoms with Crippen LogP contribution in [0.4, 0.5) is 0 Å². The predicted octanol–water partition coefficient (Wildman–Crippen LogP) is -2.67. The van der Waals surface area contributed by atoms with E-state index in [0.29, 0.717) is 3.72 Å². The van der Waals surface area contributed by atoms with Crippen LogP contribution < -0.4 is 28.8 Å². The maximum absolute atomic E-state index is 3.43. The Morgan fingerprint density at radius 2 is 1.94 bits per heavy atom. The van der Waals surface area contributed by atoms with Crippen molar-refractivity contribution >= 4 is 4.00 Å². The Labute approximate surface area is 122 Å². The van der Waals surface area contributed by atoms with Gasteiger partial charge in [0, 0.05) is 0 Å². The Morgan fingerprint density at radius 3 is 2.35 bits per heavy atom. The number of hydrogen-bond donors (Lipinski definition) is 1. The van der Waals surface area contributed by atoms with Crippen LogP contribution in [0.5, 0.6) is 0 Å². The summed E-state index contributed by atoms with van der Waals surface area (Å²) in [6, 6.07) is 4.39. The van der Waals surface area contributed by atoms with Crippen molar-refractivity contribution in [2.24, 2.45) is 0 Å². The van der Waals surface area contributed by atoms with Crippen molar-refractivity contribution in [2.75, 3.05) is 0 Å². The molecule has 1 aliphatic rings. The fourth-order valence-corrected chi connectivity index (χ4v) is 7.16. The first kappa shape index (κ1) is 17.1. The minimum absolute atomic E-state index is 0. The van der Waals surface area contributed by atoms with Crippen molar-refractivity contribution in [2.45, 2.75) is 30.9 Å². The number of hydrogen-bond acceptors (Lipinski definition) is 0. The molecule has 93 valence electrons. The smallest absolute Gasteiger partial charge is 1.00 e. The second-order valence-corrected chi connectivity index (χ2v) is 10.4. The second kappa shape index (κ2) is 6.85. The van der Waals surface area contributed by atoms with Gasteiger partial charge in [0.05, 0.1) is 0 Å². The van der Waals surface area contributed by atoms with Crippen LogP contribution in [0.15, 0.2) is 40.4 Å². The van der Waals surface area contributed by atoms with Crippen LogP contribution >= 0.6 is 0 Å². The van der Waals surface area contributed by atoms with Crippen molar-refractivity contribution in [3.05, 3.63) is 40.4 Å². The number of nitrogens with one attached hydrogen (secondary N) is 1. The van der Waals surface area contributed by atoms with E-state index in [0.717, 1.165) is 0 Å². The molecule has 1 aromatic heterocycles. The van der Waals surface area contributed by atoms with Crippen LogP contribution in [0, 0.1) is 0 Å². The molecule has 0 radical (unpaired) electrons. The van der Waals surface area contributed by atoms with E-state index in [1.54, 1.807) is 3.88 Å². The van der Waals surface area contributed by atoms with Crippen molar-refractivity contribution in [1.29, 1.82) is 0 Å². The van der Waals surface area contributed by atoms with E-state index < -0.39 is 17.9 Å². The molecule has 0 bridgehead atoms. The van der Waals surface area contributed by atoms with E-state index in [4.69, 9.17) is 0 Å². The number of aromatic nitrogens is 1. The Bertz CT molecular complexity index is 388. The first-order valence-corrected chi connectivity index (χ1v) is 7.80. The normalized spacial score (nSPS) is 13.7. The molecule has 1 heterocycles. The van der Waals surface area contributed by atoms with Crippen molar-refractivity contribution in [3.63, 3.8) is 0 Å². The molecule has 0 fully saturated rings. The van der Waals surface area contributed by atoms with Gasteiger partial charge in [-0.15, -0.1) is 0 Å². The fourth-order valence-electron chi connectivity index (χ4n) is 2.18. The zero-order chi connectivity index (χ0) is 10.9. The summed E-state index contributed by atoms with van der Waals surface area (Å²) < 4.78 is 3.62.